The van der Waals surface area contributed by atoms with E-state index in [1.165, 1.54) is 25.7 Å². The summed E-state index contributed by atoms with van der Waals surface area (Å²) in [6, 6.07) is 0. The summed E-state index contributed by atoms with van der Waals surface area (Å²) in [7, 11) is -4.39. The van der Waals surface area contributed by atoms with Gasteiger partial charge in [0.25, 0.3) is 0 Å². The molecule has 0 heterocycles. The van der Waals surface area contributed by atoms with Crippen LogP contribution < -0.4 is 0 Å². The molecule has 0 aliphatic heterocycles. The molecule has 8 heteroatoms. The second-order valence-corrected chi connectivity index (χ2v) is 8.63. The normalized spacial score (nSPS) is 12.4. The van der Waals surface area contributed by atoms with Gasteiger partial charge in [-0.3, -0.25) is 9.35 Å². The zero-order valence-electron chi connectivity index (χ0n) is 19.0. The smallest absolute Gasteiger partial charge is 0.397 e. The molecule has 1 N–H and O–H groups in total. The standard InChI is InChI=1S/C21H42O6S.Na/c1-3-5-6-7-10-13-16-20(27-28(23,24)25)17-14-11-8-9-12-15-18-21(22)26-19-4-2;/h20H,3-19H2,1-2H3,(H,23,24,25);. The number of rotatable bonds is 20. The summed E-state index contributed by atoms with van der Waals surface area (Å²) in [4.78, 5) is 11.4. The molecular formula is C21H42NaO6S. The first-order valence-corrected chi connectivity index (χ1v) is 12.6. The molecule has 1 radical (unpaired) electrons. The minimum atomic E-state index is -4.39. The second kappa shape index (κ2) is 21.6. The van der Waals surface area contributed by atoms with Crippen LogP contribution in [0.25, 0.3) is 0 Å². The van der Waals surface area contributed by atoms with Crippen LogP contribution in [-0.2, 0) is 24.1 Å². The Balaban J connectivity index is 0. The molecule has 0 bridgehead atoms. The van der Waals surface area contributed by atoms with E-state index in [0.29, 0.717) is 25.9 Å². The van der Waals surface area contributed by atoms with Crippen LogP contribution in [0.1, 0.15) is 117 Å². The van der Waals surface area contributed by atoms with Gasteiger partial charge in [-0.2, -0.15) is 8.42 Å². The third kappa shape index (κ3) is 24.5. The van der Waals surface area contributed by atoms with Crippen molar-refractivity contribution in [1.29, 1.82) is 0 Å². The van der Waals surface area contributed by atoms with Crippen molar-refractivity contribution in [2.75, 3.05) is 6.61 Å². The van der Waals surface area contributed by atoms with Gasteiger partial charge in [-0.25, -0.2) is 4.18 Å². The molecule has 0 spiro atoms. The van der Waals surface area contributed by atoms with Crippen LogP contribution in [0.4, 0.5) is 0 Å². The number of hydrogen-bond acceptors (Lipinski definition) is 5. The van der Waals surface area contributed by atoms with Crippen LogP contribution >= 0.6 is 0 Å². The summed E-state index contributed by atoms with van der Waals surface area (Å²) >= 11 is 0. The van der Waals surface area contributed by atoms with Crippen molar-refractivity contribution >= 4 is 45.9 Å². The van der Waals surface area contributed by atoms with Crippen LogP contribution in [0.5, 0.6) is 0 Å². The molecule has 1 atom stereocenters. The van der Waals surface area contributed by atoms with Gasteiger partial charge in [-0.1, -0.05) is 84.5 Å². The predicted molar refractivity (Wildman–Crippen MR) is 118 cm³/mol. The van der Waals surface area contributed by atoms with E-state index in [1.807, 2.05) is 6.92 Å². The maximum Gasteiger partial charge on any atom is 0.397 e. The number of unbranched alkanes of at least 4 members (excludes halogenated alkanes) is 10. The molecule has 0 saturated carbocycles. The molecule has 0 aliphatic carbocycles. The van der Waals surface area contributed by atoms with Gasteiger partial charge in [-0.15, -0.1) is 0 Å². The van der Waals surface area contributed by atoms with E-state index >= 15 is 0 Å². The molecule has 0 fully saturated rings. The van der Waals surface area contributed by atoms with Crippen molar-refractivity contribution in [1.82, 2.24) is 0 Å². The summed E-state index contributed by atoms with van der Waals surface area (Å²) in [6.45, 7) is 4.66. The van der Waals surface area contributed by atoms with E-state index in [-0.39, 0.29) is 35.5 Å². The minimum absolute atomic E-state index is 0. The summed E-state index contributed by atoms with van der Waals surface area (Å²) < 4.78 is 40.9. The van der Waals surface area contributed by atoms with Crippen LogP contribution in [0.15, 0.2) is 0 Å². The topological polar surface area (TPSA) is 89.9 Å². The van der Waals surface area contributed by atoms with E-state index in [2.05, 4.69) is 6.92 Å². The molecule has 1 unspecified atom stereocenters. The van der Waals surface area contributed by atoms with Crippen LogP contribution in [0, 0.1) is 0 Å². The second-order valence-electron chi connectivity index (χ2n) is 7.58. The number of hydrogen-bond donors (Lipinski definition) is 1. The zero-order chi connectivity index (χ0) is 21.1. The molecule has 0 rings (SSSR count). The van der Waals surface area contributed by atoms with Crippen LogP contribution in [0.2, 0.25) is 0 Å². The first-order chi connectivity index (χ1) is 13.4. The van der Waals surface area contributed by atoms with Gasteiger partial charge >= 0.3 is 16.4 Å². The van der Waals surface area contributed by atoms with Gasteiger partial charge in [0.1, 0.15) is 0 Å². The van der Waals surface area contributed by atoms with E-state index < -0.39 is 16.5 Å². The molecule has 0 saturated heterocycles. The number of carbonyl (C=O) groups excluding carboxylic acids is 1. The fourth-order valence-corrected chi connectivity index (χ4v) is 3.74. The maximum absolute atomic E-state index is 11.4. The van der Waals surface area contributed by atoms with Crippen LogP contribution in [0.3, 0.4) is 0 Å². The first kappa shape index (κ1) is 31.5. The summed E-state index contributed by atoms with van der Waals surface area (Å²) in [5.74, 6) is -0.109. The largest absolute Gasteiger partial charge is 0.466 e. The average Bonchev–Trinajstić information content (AvgIpc) is 2.63. The third-order valence-corrected chi connectivity index (χ3v) is 5.28. The van der Waals surface area contributed by atoms with Crippen molar-refractivity contribution in [3.8, 4) is 0 Å². The molecule has 0 aromatic heterocycles. The molecule has 0 amide bonds. The Morgan fingerprint density at radius 3 is 1.76 bits per heavy atom. The zero-order valence-corrected chi connectivity index (χ0v) is 21.8. The SMILES string of the molecule is CCCCCCCCC(CCCCCCCCC(=O)OCCC)OS(=O)(=O)O.[Na]. The Hall–Kier alpha value is 0.340. The molecular weight excluding hydrogens is 403 g/mol. The van der Waals surface area contributed by atoms with Crippen molar-refractivity contribution < 1.29 is 26.7 Å². The Kier molecular flexibility index (Phi) is 23.4. The predicted octanol–water partition coefficient (Wildman–Crippen LogP) is 5.62. The summed E-state index contributed by atoms with van der Waals surface area (Å²) in [5, 5.41) is 0. The van der Waals surface area contributed by atoms with Gasteiger partial charge in [0.15, 0.2) is 0 Å². The Morgan fingerprint density at radius 2 is 1.28 bits per heavy atom. The van der Waals surface area contributed by atoms with Crippen LogP contribution in [-0.4, -0.2) is 61.2 Å². The summed E-state index contributed by atoms with van der Waals surface area (Å²) in [5.41, 5.74) is 0. The Bertz CT molecular complexity index is 470. The fraction of sp³-hybridized carbons (Fsp3) is 0.952. The maximum atomic E-state index is 11.4. The van der Waals surface area contributed by atoms with Gasteiger partial charge in [0.05, 0.1) is 12.7 Å². The fourth-order valence-electron chi connectivity index (χ4n) is 3.20. The van der Waals surface area contributed by atoms with Gasteiger partial charge in [-0.05, 0) is 25.7 Å². The molecule has 6 nitrogen and oxygen atoms in total. The van der Waals surface area contributed by atoms with Crippen molar-refractivity contribution in [2.45, 2.75) is 123 Å². The number of esters is 1. The van der Waals surface area contributed by atoms with Crippen molar-refractivity contribution in [3.05, 3.63) is 0 Å². The molecule has 29 heavy (non-hydrogen) atoms. The van der Waals surface area contributed by atoms with Gasteiger partial charge in [0, 0.05) is 36.0 Å². The Labute approximate surface area is 201 Å². The monoisotopic (exact) mass is 445 g/mol. The molecule has 0 aliphatic rings. The number of ether oxygens (including phenoxy) is 1. The van der Waals surface area contributed by atoms with Crippen molar-refractivity contribution in [3.63, 3.8) is 0 Å². The van der Waals surface area contributed by atoms with E-state index in [9.17, 15) is 13.2 Å². The molecule has 169 valence electrons. The summed E-state index contributed by atoms with van der Waals surface area (Å²) in [6.07, 6.45) is 14.9. The minimum Gasteiger partial charge on any atom is -0.466 e. The molecule has 0 aromatic carbocycles. The average molecular weight is 446 g/mol. The van der Waals surface area contributed by atoms with Crippen molar-refractivity contribution in [2.24, 2.45) is 0 Å². The van der Waals surface area contributed by atoms with E-state index in [4.69, 9.17) is 13.5 Å². The quantitative estimate of drug-likeness (QED) is 0.113. The van der Waals surface area contributed by atoms with E-state index in [0.717, 1.165) is 57.8 Å². The van der Waals surface area contributed by atoms with Gasteiger partial charge in [0.2, 0.25) is 0 Å². The first-order valence-electron chi connectivity index (χ1n) is 11.2. The third-order valence-electron chi connectivity index (χ3n) is 4.76. The number of carbonyl (C=O) groups is 1. The van der Waals surface area contributed by atoms with E-state index in [1.54, 1.807) is 0 Å². The Morgan fingerprint density at radius 1 is 0.793 bits per heavy atom. The van der Waals surface area contributed by atoms with Gasteiger partial charge < -0.3 is 4.74 Å². The molecule has 0 aromatic rings.